The molecule has 146 valence electrons. The Kier molecular flexibility index (Phi) is 7.09. The number of hydrogen-bond acceptors (Lipinski definition) is 4. The Hall–Kier alpha value is -2.09. The SMILES string of the molecule is O=C(NCCC1SC(=NC2CCCCCC2)NC1=O)Nc1ccc(F)cc1. The van der Waals surface area contributed by atoms with Crippen LogP contribution in [0.5, 0.6) is 0 Å². The fourth-order valence-corrected chi connectivity index (χ4v) is 4.27. The standard InChI is InChI=1S/C19H25FN4O2S/c20-13-7-9-15(10-8-13)22-18(26)21-12-11-16-17(25)24-19(27-16)23-14-5-3-1-2-4-6-14/h7-10,14,16H,1-6,11-12H2,(H2,21,22,26)(H,23,24,25). The van der Waals surface area contributed by atoms with E-state index in [1.54, 1.807) is 0 Å². The summed E-state index contributed by atoms with van der Waals surface area (Å²) >= 11 is 1.45. The fourth-order valence-electron chi connectivity index (χ4n) is 3.23. The van der Waals surface area contributed by atoms with Crippen LogP contribution < -0.4 is 16.0 Å². The first-order valence-corrected chi connectivity index (χ1v) is 10.3. The summed E-state index contributed by atoms with van der Waals surface area (Å²) in [7, 11) is 0. The number of thioether (sulfide) groups is 1. The van der Waals surface area contributed by atoms with Gasteiger partial charge in [0.2, 0.25) is 5.91 Å². The number of halogens is 1. The van der Waals surface area contributed by atoms with Crippen LogP contribution in [0, 0.1) is 5.82 Å². The molecule has 6 nitrogen and oxygen atoms in total. The number of rotatable bonds is 5. The molecule has 3 rings (SSSR count). The number of nitrogens with zero attached hydrogens (tertiary/aromatic N) is 1. The number of urea groups is 1. The van der Waals surface area contributed by atoms with Gasteiger partial charge in [0.15, 0.2) is 5.17 Å². The number of amidine groups is 1. The average molecular weight is 392 g/mol. The highest BCUT2D eigenvalue weighted by Gasteiger charge is 2.30. The summed E-state index contributed by atoms with van der Waals surface area (Å²) in [4.78, 5) is 28.7. The Morgan fingerprint density at radius 2 is 1.89 bits per heavy atom. The van der Waals surface area contributed by atoms with Crippen LogP contribution in [0.3, 0.4) is 0 Å². The first kappa shape index (κ1) is 19.7. The Morgan fingerprint density at radius 1 is 1.19 bits per heavy atom. The molecule has 8 heteroatoms. The number of nitrogens with one attached hydrogen (secondary N) is 3. The topological polar surface area (TPSA) is 82.6 Å². The summed E-state index contributed by atoms with van der Waals surface area (Å²) in [6.45, 7) is 0.370. The molecule has 3 N–H and O–H groups in total. The molecule has 1 atom stereocenters. The zero-order valence-electron chi connectivity index (χ0n) is 15.2. The number of benzene rings is 1. The molecule has 1 aromatic carbocycles. The van der Waals surface area contributed by atoms with E-state index >= 15 is 0 Å². The lowest BCUT2D eigenvalue weighted by molar-refractivity contribution is -0.118. The molecular formula is C19H25FN4O2S. The van der Waals surface area contributed by atoms with Crippen LogP contribution in [-0.4, -0.2) is 34.9 Å². The second-order valence-electron chi connectivity index (χ2n) is 6.85. The first-order chi connectivity index (χ1) is 13.1. The zero-order valence-corrected chi connectivity index (χ0v) is 16.0. The molecule has 1 saturated heterocycles. The van der Waals surface area contributed by atoms with E-state index in [4.69, 9.17) is 4.99 Å². The molecule has 1 heterocycles. The predicted molar refractivity (Wildman–Crippen MR) is 106 cm³/mol. The minimum absolute atomic E-state index is 0.0480. The van der Waals surface area contributed by atoms with Gasteiger partial charge in [-0.2, -0.15) is 0 Å². The van der Waals surface area contributed by atoms with Gasteiger partial charge in [0, 0.05) is 12.2 Å². The van der Waals surface area contributed by atoms with Crippen LogP contribution in [0.25, 0.3) is 0 Å². The van der Waals surface area contributed by atoms with E-state index in [0.29, 0.717) is 29.9 Å². The molecule has 27 heavy (non-hydrogen) atoms. The molecule has 2 aliphatic rings. The van der Waals surface area contributed by atoms with Crippen LogP contribution in [0.15, 0.2) is 29.3 Å². The van der Waals surface area contributed by atoms with Crippen molar-refractivity contribution in [3.8, 4) is 0 Å². The molecule has 1 aliphatic heterocycles. The van der Waals surface area contributed by atoms with Gasteiger partial charge < -0.3 is 16.0 Å². The van der Waals surface area contributed by atoms with E-state index < -0.39 is 0 Å². The Balaban J connectivity index is 1.41. The molecule has 1 saturated carbocycles. The highest BCUT2D eigenvalue weighted by atomic mass is 32.2. The number of aliphatic imine (C=N–C) groups is 1. The Labute approximate surface area is 162 Å². The summed E-state index contributed by atoms with van der Waals surface area (Å²) in [5.74, 6) is -0.403. The molecule has 0 aromatic heterocycles. The second kappa shape index (κ2) is 9.73. The lowest BCUT2D eigenvalue weighted by atomic mass is 10.1. The lowest BCUT2D eigenvalue weighted by Gasteiger charge is -2.10. The van der Waals surface area contributed by atoms with Gasteiger partial charge in [0.05, 0.1) is 11.3 Å². The van der Waals surface area contributed by atoms with Gasteiger partial charge in [-0.25, -0.2) is 9.18 Å². The van der Waals surface area contributed by atoms with Crippen LogP contribution in [0.2, 0.25) is 0 Å². The zero-order chi connectivity index (χ0) is 19.1. The van der Waals surface area contributed by atoms with Gasteiger partial charge in [-0.05, 0) is 43.5 Å². The smallest absolute Gasteiger partial charge is 0.319 e. The number of carbonyl (C=O) groups excluding carboxylic acids is 2. The van der Waals surface area contributed by atoms with Gasteiger partial charge in [-0.15, -0.1) is 0 Å². The van der Waals surface area contributed by atoms with Crippen molar-refractivity contribution in [1.29, 1.82) is 0 Å². The maximum absolute atomic E-state index is 12.9. The van der Waals surface area contributed by atoms with Crippen molar-refractivity contribution >= 4 is 34.6 Å². The second-order valence-corrected chi connectivity index (χ2v) is 8.04. The molecule has 1 unspecified atom stereocenters. The Morgan fingerprint density at radius 3 is 2.59 bits per heavy atom. The molecule has 2 fully saturated rings. The number of amides is 3. The molecule has 3 amide bonds. The molecular weight excluding hydrogens is 367 g/mol. The van der Waals surface area contributed by atoms with Crippen LogP contribution in [0.4, 0.5) is 14.9 Å². The van der Waals surface area contributed by atoms with Crippen molar-refractivity contribution < 1.29 is 14.0 Å². The summed E-state index contributed by atoms with van der Waals surface area (Å²) in [6, 6.07) is 5.48. The fraction of sp³-hybridized carbons (Fsp3) is 0.526. The van der Waals surface area contributed by atoms with E-state index in [0.717, 1.165) is 12.8 Å². The molecule has 0 bridgehead atoms. The minimum Gasteiger partial charge on any atom is -0.338 e. The highest BCUT2D eigenvalue weighted by molar-refractivity contribution is 8.15. The van der Waals surface area contributed by atoms with E-state index in [1.165, 1.54) is 61.7 Å². The predicted octanol–water partition coefficient (Wildman–Crippen LogP) is 3.65. The maximum atomic E-state index is 12.9. The molecule has 0 radical (unpaired) electrons. The summed E-state index contributed by atoms with van der Waals surface area (Å²) in [6.07, 6.45) is 7.67. The van der Waals surface area contributed by atoms with Crippen molar-refractivity contribution in [3.05, 3.63) is 30.1 Å². The molecule has 0 spiro atoms. The highest BCUT2D eigenvalue weighted by Crippen LogP contribution is 2.25. The van der Waals surface area contributed by atoms with Crippen molar-refractivity contribution in [1.82, 2.24) is 10.6 Å². The van der Waals surface area contributed by atoms with E-state index in [-0.39, 0.29) is 23.0 Å². The number of carbonyl (C=O) groups is 2. The summed E-state index contributed by atoms with van der Waals surface area (Å²) in [5, 5.41) is 8.69. The van der Waals surface area contributed by atoms with E-state index in [9.17, 15) is 14.0 Å². The number of anilines is 1. The van der Waals surface area contributed by atoms with Crippen LogP contribution in [-0.2, 0) is 4.79 Å². The third-order valence-electron chi connectivity index (χ3n) is 4.70. The van der Waals surface area contributed by atoms with Gasteiger partial charge in [0.1, 0.15) is 5.82 Å². The van der Waals surface area contributed by atoms with Crippen molar-refractivity contribution in [3.63, 3.8) is 0 Å². The first-order valence-electron chi connectivity index (χ1n) is 9.46. The largest absolute Gasteiger partial charge is 0.338 e. The lowest BCUT2D eigenvalue weighted by Crippen LogP contribution is -2.32. The van der Waals surface area contributed by atoms with Gasteiger partial charge in [-0.3, -0.25) is 9.79 Å². The molecule has 1 aromatic rings. The summed E-state index contributed by atoms with van der Waals surface area (Å²) in [5.41, 5.74) is 0.514. The summed E-state index contributed by atoms with van der Waals surface area (Å²) < 4.78 is 12.9. The molecule has 1 aliphatic carbocycles. The monoisotopic (exact) mass is 392 g/mol. The average Bonchev–Trinajstić information content (AvgIpc) is 2.83. The van der Waals surface area contributed by atoms with Crippen LogP contribution >= 0.6 is 11.8 Å². The van der Waals surface area contributed by atoms with E-state index in [1.807, 2.05) is 0 Å². The van der Waals surface area contributed by atoms with Crippen molar-refractivity contribution in [2.45, 2.75) is 56.2 Å². The van der Waals surface area contributed by atoms with Crippen molar-refractivity contribution in [2.24, 2.45) is 4.99 Å². The normalized spacial score (nSPS) is 22.3. The maximum Gasteiger partial charge on any atom is 0.319 e. The van der Waals surface area contributed by atoms with Gasteiger partial charge in [-0.1, -0.05) is 37.4 Å². The third kappa shape index (κ3) is 6.23. The minimum atomic E-state index is -0.377. The quantitative estimate of drug-likeness (QED) is 0.669. The Bertz CT molecular complexity index is 687. The number of hydrogen-bond donors (Lipinski definition) is 3. The van der Waals surface area contributed by atoms with Crippen molar-refractivity contribution in [2.75, 3.05) is 11.9 Å². The van der Waals surface area contributed by atoms with Gasteiger partial charge >= 0.3 is 6.03 Å². The van der Waals surface area contributed by atoms with Gasteiger partial charge in [0.25, 0.3) is 0 Å². The third-order valence-corrected chi connectivity index (χ3v) is 5.86. The van der Waals surface area contributed by atoms with E-state index in [2.05, 4.69) is 16.0 Å². The van der Waals surface area contributed by atoms with Crippen LogP contribution in [0.1, 0.15) is 44.9 Å².